The zero-order chi connectivity index (χ0) is 28.8. The van der Waals surface area contributed by atoms with Crippen LogP contribution in [0.2, 0.25) is 0 Å². The third-order valence-corrected chi connectivity index (χ3v) is 7.28. The van der Waals surface area contributed by atoms with E-state index in [-0.39, 0.29) is 30.4 Å². The molecular weight excluding hydrogens is 516 g/mol. The van der Waals surface area contributed by atoms with E-state index >= 15 is 0 Å². The summed E-state index contributed by atoms with van der Waals surface area (Å²) < 4.78 is 6.14. The van der Waals surface area contributed by atoms with Gasteiger partial charge in [-0.25, -0.2) is 0 Å². The van der Waals surface area contributed by atoms with Crippen molar-refractivity contribution in [3.05, 3.63) is 120 Å². The highest BCUT2D eigenvalue weighted by Crippen LogP contribution is 2.36. The van der Waals surface area contributed by atoms with Crippen LogP contribution in [0.3, 0.4) is 0 Å². The molecule has 1 unspecified atom stereocenters. The number of fused-ring (bicyclic) bond motifs is 1. The molecule has 0 saturated heterocycles. The second kappa shape index (κ2) is 12.6. The number of pyridine rings is 1. The number of ether oxygens (including phenoxy) is 1. The summed E-state index contributed by atoms with van der Waals surface area (Å²) >= 11 is 0. The van der Waals surface area contributed by atoms with Gasteiger partial charge in [-0.3, -0.25) is 19.4 Å². The molecule has 3 amide bonds. The van der Waals surface area contributed by atoms with Crippen molar-refractivity contribution in [1.29, 1.82) is 0 Å². The van der Waals surface area contributed by atoms with Crippen LogP contribution in [0.15, 0.2) is 97.3 Å². The molecule has 2 heterocycles. The number of anilines is 3. The van der Waals surface area contributed by atoms with Gasteiger partial charge in [-0.15, -0.1) is 0 Å². The molecule has 8 nitrogen and oxygen atoms in total. The maximum Gasteiger partial charge on any atom is 0.258 e. The SMILES string of the molecule is Cc1ccccc1C(=O)Nc1ccc(C(=O)N2CCCC(OCC(=O)N(C)c3ccncc3)c3ccccc32)cc1. The Balaban J connectivity index is 1.28. The van der Waals surface area contributed by atoms with Gasteiger partial charge in [0.2, 0.25) is 0 Å². The molecule has 5 rings (SSSR count). The maximum absolute atomic E-state index is 13.7. The Bertz CT molecular complexity index is 1540. The summed E-state index contributed by atoms with van der Waals surface area (Å²) in [5, 5.41) is 2.90. The van der Waals surface area contributed by atoms with Gasteiger partial charge in [-0.05, 0) is 73.9 Å². The molecule has 4 aromatic rings. The topological polar surface area (TPSA) is 91.8 Å². The molecule has 1 aliphatic heterocycles. The minimum atomic E-state index is -0.321. The van der Waals surface area contributed by atoms with Crippen molar-refractivity contribution in [2.45, 2.75) is 25.9 Å². The fourth-order valence-corrected chi connectivity index (χ4v) is 4.96. The molecule has 0 aliphatic carbocycles. The van der Waals surface area contributed by atoms with E-state index in [2.05, 4.69) is 10.3 Å². The fraction of sp³-hybridized carbons (Fsp3) is 0.212. The lowest BCUT2D eigenvalue weighted by atomic mass is 10.0. The predicted octanol–water partition coefficient (Wildman–Crippen LogP) is 5.80. The van der Waals surface area contributed by atoms with Crippen molar-refractivity contribution in [1.82, 2.24) is 4.98 Å². The maximum atomic E-state index is 13.7. The van der Waals surface area contributed by atoms with Crippen LogP contribution in [0.5, 0.6) is 0 Å². The number of aryl methyl sites for hydroxylation is 1. The van der Waals surface area contributed by atoms with Gasteiger partial charge < -0.3 is 19.9 Å². The molecule has 1 atom stereocenters. The molecule has 3 aromatic carbocycles. The van der Waals surface area contributed by atoms with Crippen LogP contribution < -0.4 is 15.1 Å². The summed E-state index contributed by atoms with van der Waals surface area (Å²) in [6.07, 6.45) is 4.35. The van der Waals surface area contributed by atoms with Gasteiger partial charge in [0.15, 0.2) is 0 Å². The Kier molecular flexibility index (Phi) is 8.50. The summed E-state index contributed by atoms with van der Waals surface area (Å²) in [5.74, 6) is -0.496. The molecule has 41 heavy (non-hydrogen) atoms. The van der Waals surface area contributed by atoms with Gasteiger partial charge in [0.25, 0.3) is 17.7 Å². The minimum Gasteiger partial charge on any atom is -0.364 e. The number of para-hydroxylation sites is 1. The second-order valence-corrected chi connectivity index (χ2v) is 9.96. The van der Waals surface area contributed by atoms with E-state index in [1.165, 1.54) is 0 Å². The highest BCUT2D eigenvalue weighted by atomic mass is 16.5. The first-order valence-corrected chi connectivity index (χ1v) is 13.6. The van der Waals surface area contributed by atoms with Gasteiger partial charge in [0, 0.05) is 59.7 Å². The molecule has 1 aliphatic rings. The van der Waals surface area contributed by atoms with E-state index < -0.39 is 0 Å². The molecule has 0 saturated carbocycles. The van der Waals surface area contributed by atoms with Crippen molar-refractivity contribution >= 4 is 34.8 Å². The van der Waals surface area contributed by atoms with Crippen molar-refractivity contribution in [3.63, 3.8) is 0 Å². The Labute approximate surface area is 239 Å². The molecule has 8 heteroatoms. The highest BCUT2D eigenvalue weighted by molar-refractivity contribution is 6.08. The summed E-state index contributed by atoms with van der Waals surface area (Å²) in [5.41, 5.74) is 5.02. The quantitative estimate of drug-likeness (QED) is 0.315. The van der Waals surface area contributed by atoms with Crippen LogP contribution in [-0.4, -0.2) is 42.9 Å². The summed E-state index contributed by atoms with van der Waals surface area (Å²) in [4.78, 5) is 46.5. The minimum absolute atomic E-state index is 0.0819. The van der Waals surface area contributed by atoms with Crippen molar-refractivity contribution in [2.24, 2.45) is 0 Å². The number of hydrogen-bond donors (Lipinski definition) is 1. The smallest absolute Gasteiger partial charge is 0.258 e. The Hall–Kier alpha value is -4.82. The highest BCUT2D eigenvalue weighted by Gasteiger charge is 2.28. The zero-order valence-electron chi connectivity index (χ0n) is 23.1. The van der Waals surface area contributed by atoms with E-state index in [1.807, 2.05) is 49.4 Å². The van der Waals surface area contributed by atoms with Crippen LogP contribution in [0.4, 0.5) is 17.1 Å². The molecule has 0 fully saturated rings. The number of rotatable bonds is 7. The number of nitrogens with zero attached hydrogens (tertiary/aromatic N) is 3. The molecule has 1 aromatic heterocycles. The van der Waals surface area contributed by atoms with Crippen molar-refractivity contribution in [2.75, 3.05) is 35.3 Å². The summed E-state index contributed by atoms with van der Waals surface area (Å²) in [6, 6.07) is 25.6. The molecule has 0 spiro atoms. The number of carbonyl (C=O) groups excluding carboxylic acids is 3. The lowest BCUT2D eigenvalue weighted by Crippen LogP contribution is -2.32. The second-order valence-electron chi connectivity index (χ2n) is 9.96. The van der Waals surface area contributed by atoms with Crippen LogP contribution >= 0.6 is 0 Å². The van der Waals surface area contributed by atoms with E-state index in [0.29, 0.717) is 36.2 Å². The number of nitrogens with one attached hydrogen (secondary N) is 1. The van der Waals surface area contributed by atoms with Crippen LogP contribution in [0.1, 0.15) is 50.8 Å². The van der Waals surface area contributed by atoms with Gasteiger partial charge >= 0.3 is 0 Å². The molecule has 208 valence electrons. The van der Waals surface area contributed by atoms with Crippen LogP contribution in [-0.2, 0) is 9.53 Å². The third-order valence-electron chi connectivity index (χ3n) is 7.28. The summed E-state index contributed by atoms with van der Waals surface area (Å²) in [7, 11) is 1.71. The van der Waals surface area contributed by atoms with Crippen LogP contribution in [0, 0.1) is 6.92 Å². The van der Waals surface area contributed by atoms with Crippen LogP contribution in [0.25, 0.3) is 0 Å². The lowest BCUT2D eigenvalue weighted by Gasteiger charge is -2.25. The average Bonchev–Trinajstić information content (AvgIpc) is 3.19. The Morgan fingerprint density at radius 3 is 2.41 bits per heavy atom. The normalized spacial score (nSPS) is 14.5. The van der Waals surface area contributed by atoms with Gasteiger partial charge in [-0.2, -0.15) is 0 Å². The molecule has 0 radical (unpaired) electrons. The third kappa shape index (κ3) is 6.34. The first kappa shape index (κ1) is 27.7. The van der Waals surface area contributed by atoms with Gasteiger partial charge in [0.1, 0.15) is 6.61 Å². The van der Waals surface area contributed by atoms with Crippen molar-refractivity contribution in [3.8, 4) is 0 Å². The van der Waals surface area contributed by atoms with E-state index in [1.54, 1.807) is 71.7 Å². The number of likely N-dealkylation sites (N-methyl/N-ethyl adjacent to an activating group) is 1. The molecular formula is C33H32N4O4. The molecule has 1 N–H and O–H groups in total. The number of benzene rings is 3. The van der Waals surface area contributed by atoms with Crippen molar-refractivity contribution < 1.29 is 19.1 Å². The van der Waals surface area contributed by atoms with E-state index in [0.717, 1.165) is 22.5 Å². The van der Waals surface area contributed by atoms with E-state index in [4.69, 9.17) is 4.74 Å². The monoisotopic (exact) mass is 548 g/mol. The standard InChI is InChI=1S/C33H32N4O4/c1-23-8-3-4-9-27(23)32(39)35-25-15-13-24(14-16-25)33(40)37-21-7-12-30(28-10-5-6-11-29(28)37)41-22-31(38)36(2)26-17-19-34-20-18-26/h3-6,8-11,13-20,30H,7,12,21-22H2,1-2H3,(H,35,39). The largest absolute Gasteiger partial charge is 0.364 e. The number of amides is 3. The number of hydrogen-bond acceptors (Lipinski definition) is 5. The molecule has 0 bridgehead atoms. The zero-order valence-corrected chi connectivity index (χ0v) is 23.1. The predicted molar refractivity (Wildman–Crippen MR) is 159 cm³/mol. The first-order valence-electron chi connectivity index (χ1n) is 13.6. The average molecular weight is 549 g/mol. The first-order chi connectivity index (χ1) is 19.9. The van der Waals surface area contributed by atoms with Gasteiger partial charge in [0.05, 0.1) is 6.10 Å². The Morgan fingerprint density at radius 2 is 1.66 bits per heavy atom. The summed E-state index contributed by atoms with van der Waals surface area (Å²) in [6.45, 7) is 2.33. The number of carbonyl (C=O) groups is 3. The number of aromatic nitrogens is 1. The lowest BCUT2D eigenvalue weighted by molar-refractivity contribution is -0.125. The van der Waals surface area contributed by atoms with E-state index in [9.17, 15) is 14.4 Å². The Morgan fingerprint density at radius 1 is 0.951 bits per heavy atom. The fourth-order valence-electron chi connectivity index (χ4n) is 4.96. The van der Waals surface area contributed by atoms with Gasteiger partial charge in [-0.1, -0.05) is 36.4 Å².